The third-order valence-corrected chi connectivity index (χ3v) is 4.84. The van der Waals surface area contributed by atoms with Crippen LogP contribution in [0.25, 0.3) is 0 Å². The molecule has 0 bridgehead atoms. The molecule has 0 radical (unpaired) electrons. The van der Waals surface area contributed by atoms with Crippen LogP contribution in [-0.4, -0.2) is 61.2 Å². The molecule has 3 rings (SSSR count). The van der Waals surface area contributed by atoms with Gasteiger partial charge in [-0.2, -0.15) is 0 Å². The van der Waals surface area contributed by atoms with Crippen molar-refractivity contribution in [2.75, 3.05) is 33.8 Å². The molecule has 2 atom stereocenters. The molecule has 0 N–H and O–H groups in total. The summed E-state index contributed by atoms with van der Waals surface area (Å²) in [7, 11) is 3.40. The van der Waals surface area contributed by atoms with E-state index in [0.29, 0.717) is 30.9 Å². The van der Waals surface area contributed by atoms with Crippen LogP contribution < -0.4 is 4.74 Å². The van der Waals surface area contributed by atoms with Gasteiger partial charge in [-0.1, -0.05) is 6.07 Å². The molecule has 6 nitrogen and oxygen atoms in total. The molecule has 0 saturated carbocycles. The molecule has 136 valence electrons. The van der Waals surface area contributed by atoms with Crippen molar-refractivity contribution in [3.8, 4) is 5.75 Å². The van der Waals surface area contributed by atoms with Crippen LogP contribution in [0.3, 0.4) is 0 Å². The number of carbonyl (C=O) groups is 2. The van der Waals surface area contributed by atoms with Crippen molar-refractivity contribution in [2.24, 2.45) is 5.92 Å². The minimum Gasteiger partial charge on any atom is -0.497 e. The van der Waals surface area contributed by atoms with Gasteiger partial charge in [0.05, 0.1) is 7.11 Å². The molecule has 1 saturated heterocycles. The highest BCUT2D eigenvalue weighted by Gasteiger charge is 2.42. The SMILES string of the molecule is COc1ccc2c(c1)C(=O)N(C)CC1CN(C(=O)OC(C)(C)C)CC21. The van der Waals surface area contributed by atoms with Crippen molar-refractivity contribution in [2.45, 2.75) is 32.3 Å². The Balaban J connectivity index is 1.91. The molecule has 25 heavy (non-hydrogen) atoms. The number of methoxy groups -OCH3 is 1. The zero-order valence-electron chi connectivity index (χ0n) is 15.5. The summed E-state index contributed by atoms with van der Waals surface area (Å²) in [6, 6.07) is 5.64. The predicted molar refractivity (Wildman–Crippen MR) is 94.0 cm³/mol. The Morgan fingerprint density at radius 1 is 1.20 bits per heavy atom. The number of fused-ring (bicyclic) bond motifs is 3. The Morgan fingerprint density at radius 3 is 2.56 bits per heavy atom. The highest BCUT2D eigenvalue weighted by Crippen LogP contribution is 2.39. The lowest BCUT2D eigenvalue weighted by Crippen LogP contribution is -2.37. The van der Waals surface area contributed by atoms with Crippen LogP contribution in [0.15, 0.2) is 18.2 Å². The molecule has 1 fully saturated rings. The van der Waals surface area contributed by atoms with Crippen LogP contribution in [0, 0.1) is 5.92 Å². The van der Waals surface area contributed by atoms with Crippen LogP contribution >= 0.6 is 0 Å². The molecule has 2 aliphatic heterocycles. The maximum Gasteiger partial charge on any atom is 0.410 e. The predicted octanol–water partition coefficient (Wildman–Crippen LogP) is 2.73. The van der Waals surface area contributed by atoms with E-state index in [1.807, 2.05) is 40.0 Å². The maximum absolute atomic E-state index is 12.7. The van der Waals surface area contributed by atoms with Crippen LogP contribution in [-0.2, 0) is 4.74 Å². The normalized spacial score (nSPS) is 23.0. The van der Waals surface area contributed by atoms with E-state index in [-0.39, 0.29) is 23.8 Å². The number of likely N-dealkylation sites (tertiary alicyclic amines) is 1. The number of benzene rings is 1. The fourth-order valence-corrected chi connectivity index (χ4v) is 3.70. The molecular weight excluding hydrogens is 320 g/mol. The van der Waals surface area contributed by atoms with E-state index in [9.17, 15) is 9.59 Å². The molecule has 6 heteroatoms. The molecule has 0 aromatic heterocycles. The smallest absolute Gasteiger partial charge is 0.410 e. The quantitative estimate of drug-likeness (QED) is 0.784. The van der Waals surface area contributed by atoms with E-state index < -0.39 is 5.60 Å². The zero-order chi connectivity index (χ0) is 18.4. The first kappa shape index (κ1) is 17.6. The summed E-state index contributed by atoms with van der Waals surface area (Å²) >= 11 is 0. The average Bonchev–Trinajstić information content (AvgIpc) is 2.92. The van der Waals surface area contributed by atoms with Gasteiger partial charge >= 0.3 is 6.09 Å². The van der Waals surface area contributed by atoms with Crippen LogP contribution in [0.2, 0.25) is 0 Å². The Morgan fingerprint density at radius 2 is 1.92 bits per heavy atom. The minimum atomic E-state index is -0.514. The molecule has 0 aliphatic carbocycles. The molecule has 2 heterocycles. The molecule has 1 aromatic rings. The lowest BCUT2D eigenvalue weighted by molar-refractivity contribution is 0.0284. The van der Waals surface area contributed by atoms with E-state index in [1.165, 1.54) is 0 Å². The van der Waals surface area contributed by atoms with Gasteiger partial charge in [-0.05, 0) is 38.5 Å². The zero-order valence-corrected chi connectivity index (χ0v) is 15.5. The van der Waals surface area contributed by atoms with Crippen molar-refractivity contribution in [3.63, 3.8) is 0 Å². The maximum atomic E-state index is 12.7. The number of ether oxygens (including phenoxy) is 2. The highest BCUT2D eigenvalue weighted by atomic mass is 16.6. The largest absolute Gasteiger partial charge is 0.497 e. The fraction of sp³-hybridized carbons (Fsp3) is 0.579. The van der Waals surface area contributed by atoms with Gasteiger partial charge in [0.15, 0.2) is 0 Å². The number of hydrogen-bond donors (Lipinski definition) is 0. The van der Waals surface area contributed by atoms with Crippen molar-refractivity contribution >= 4 is 12.0 Å². The lowest BCUT2D eigenvalue weighted by Gasteiger charge is -2.25. The summed E-state index contributed by atoms with van der Waals surface area (Å²) in [5.41, 5.74) is 1.14. The van der Waals surface area contributed by atoms with E-state index in [2.05, 4.69) is 0 Å². The fourth-order valence-electron chi connectivity index (χ4n) is 3.70. The van der Waals surface area contributed by atoms with Crippen molar-refractivity contribution in [1.82, 2.24) is 9.80 Å². The van der Waals surface area contributed by atoms with Gasteiger partial charge in [-0.3, -0.25) is 4.79 Å². The number of nitrogens with zero attached hydrogens (tertiary/aromatic N) is 2. The van der Waals surface area contributed by atoms with E-state index >= 15 is 0 Å². The summed E-state index contributed by atoms with van der Waals surface area (Å²) in [5.74, 6) is 1.01. The van der Waals surface area contributed by atoms with E-state index in [1.54, 1.807) is 23.0 Å². The van der Waals surface area contributed by atoms with Gasteiger partial charge < -0.3 is 19.3 Å². The van der Waals surface area contributed by atoms with Crippen LogP contribution in [0.4, 0.5) is 4.79 Å². The van der Waals surface area contributed by atoms with Gasteiger partial charge in [-0.15, -0.1) is 0 Å². The van der Waals surface area contributed by atoms with Crippen molar-refractivity contribution < 1.29 is 19.1 Å². The summed E-state index contributed by atoms with van der Waals surface area (Å²) in [4.78, 5) is 28.7. The molecule has 1 aromatic carbocycles. The van der Waals surface area contributed by atoms with Crippen LogP contribution in [0.1, 0.15) is 42.6 Å². The second-order valence-electron chi connectivity index (χ2n) is 7.89. The summed E-state index contributed by atoms with van der Waals surface area (Å²) < 4.78 is 10.8. The lowest BCUT2D eigenvalue weighted by atomic mass is 9.87. The molecule has 2 aliphatic rings. The minimum absolute atomic E-state index is 0.00659. The van der Waals surface area contributed by atoms with Gasteiger partial charge in [0.2, 0.25) is 0 Å². The van der Waals surface area contributed by atoms with Crippen molar-refractivity contribution in [3.05, 3.63) is 29.3 Å². The first-order valence-corrected chi connectivity index (χ1v) is 8.61. The van der Waals surface area contributed by atoms with Crippen LogP contribution in [0.5, 0.6) is 5.75 Å². The Hall–Kier alpha value is -2.24. The van der Waals surface area contributed by atoms with Gasteiger partial charge in [-0.25, -0.2) is 4.79 Å². The Labute approximate surface area is 148 Å². The topological polar surface area (TPSA) is 59.1 Å². The summed E-state index contributed by atoms with van der Waals surface area (Å²) in [5, 5.41) is 0. The Kier molecular flexibility index (Phi) is 4.39. The number of carbonyl (C=O) groups excluding carboxylic acids is 2. The monoisotopic (exact) mass is 346 g/mol. The van der Waals surface area contributed by atoms with E-state index in [0.717, 1.165) is 5.56 Å². The third-order valence-electron chi connectivity index (χ3n) is 4.84. The summed E-state index contributed by atoms with van der Waals surface area (Å²) in [6.45, 7) is 7.40. The first-order valence-electron chi connectivity index (χ1n) is 8.61. The molecule has 2 unspecified atom stereocenters. The number of rotatable bonds is 1. The number of hydrogen-bond acceptors (Lipinski definition) is 4. The van der Waals surface area contributed by atoms with Gasteiger partial charge in [0, 0.05) is 44.1 Å². The Bertz CT molecular complexity index is 695. The average molecular weight is 346 g/mol. The van der Waals surface area contributed by atoms with Gasteiger partial charge in [0.25, 0.3) is 5.91 Å². The number of amides is 2. The molecular formula is C19H26N2O4. The highest BCUT2D eigenvalue weighted by molar-refractivity contribution is 5.96. The second kappa shape index (κ2) is 6.24. The summed E-state index contributed by atoms with van der Waals surface area (Å²) in [6.07, 6.45) is -0.287. The molecule has 0 spiro atoms. The first-order chi connectivity index (χ1) is 11.7. The second-order valence-corrected chi connectivity index (χ2v) is 7.89. The standard InChI is InChI=1S/C19H26N2O4/c1-19(2,3)25-18(23)21-10-12-9-20(4)17(22)15-8-13(24-5)6-7-14(15)16(12)11-21/h6-8,12,16H,9-11H2,1-5H3. The van der Waals surface area contributed by atoms with E-state index in [4.69, 9.17) is 9.47 Å². The van der Waals surface area contributed by atoms with Crippen molar-refractivity contribution in [1.29, 1.82) is 0 Å². The van der Waals surface area contributed by atoms with Gasteiger partial charge in [0.1, 0.15) is 11.4 Å². The third kappa shape index (κ3) is 3.43. The molecule has 2 amide bonds.